The summed E-state index contributed by atoms with van der Waals surface area (Å²) in [5.41, 5.74) is 1.37. The number of carboxylic acids is 1. The molecule has 5 heteroatoms. The van der Waals surface area contributed by atoms with E-state index in [9.17, 15) is 9.59 Å². The first kappa shape index (κ1) is 16.2. The molecule has 0 aliphatic heterocycles. The smallest absolute Gasteiger partial charge is 0.328 e. The van der Waals surface area contributed by atoms with E-state index in [0.717, 1.165) is 11.6 Å². The first-order valence-corrected chi connectivity index (χ1v) is 6.35. The van der Waals surface area contributed by atoms with E-state index >= 15 is 0 Å². The van der Waals surface area contributed by atoms with Crippen molar-refractivity contribution in [1.82, 2.24) is 4.90 Å². The van der Waals surface area contributed by atoms with E-state index in [1.165, 1.54) is 6.08 Å². The number of anilines is 1. The lowest BCUT2D eigenvalue weighted by atomic mass is 10.2. The Bertz CT molecular complexity index is 537. The van der Waals surface area contributed by atoms with Crippen molar-refractivity contribution in [2.45, 2.75) is 0 Å². The first-order chi connectivity index (χ1) is 10.1. The maximum atomic E-state index is 12.0. The number of carboxylic acid groups (broad SMARTS) is 1. The quantitative estimate of drug-likeness (QED) is 0.598. The number of rotatable bonds is 7. The Morgan fingerprint density at radius 3 is 2.19 bits per heavy atom. The highest BCUT2D eigenvalue weighted by atomic mass is 16.4. The van der Waals surface area contributed by atoms with Crippen molar-refractivity contribution in [2.75, 3.05) is 18.4 Å². The molecular formula is C16H18N2O3. The molecule has 110 valence electrons. The van der Waals surface area contributed by atoms with Crippen LogP contribution >= 0.6 is 0 Å². The number of urea groups is 1. The third-order valence-electron chi connectivity index (χ3n) is 2.57. The lowest BCUT2D eigenvalue weighted by Crippen LogP contribution is -2.35. The summed E-state index contributed by atoms with van der Waals surface area (Å²) >= 11 is 0. The minimum Gasteiger partial charge on any atom is -0.478 e. The number of nitrogens with zero attached hydrogens (tertiary/aromatic N) is 1. The monoisotopic (exact) mass is 286 g/mol. The van der Waals surface area contributed by atoms with Gasteiger partial charge in [0.05, 0.1) is 0 Å². The molecule has 0 saturated heterocycles. The van der Waals surface area contributed by atoms with Gasteiger partial charge in [-0.25, -0.2) is 9.59 Å². The molecule has 0 aromatic heterocycles. The van der Waals surface area contributed by atoms with Gasteiger partial charge in [0.25, 0.3) is 0 Å². The molecule has 2 amide bonds. The molecule has 0 bridgehead atoms. The van der Waals surface area contributed by atoms with Crippen LogP contribution in [0.2, 0.25) is 0 Å². The van der Waals surface area contributed by atoms with Crippen LogP contribution in [-0.4, -0.2) is 35.1 Å². The lowest BCUT2D eigenvalue weighted by molar-refractivity contribution is -0.131. The standard InChI is InChI=1S/C16H18N2O3/c1-3-11-18(12-4-2)16(21)17-14-8-5-13(6-9-14)7-10-15(19)20/h3-10H,1-2,11-12H2,(H,17,21)(H,19,20)/b10-7+. The van der Waals surface area contributed by atoms with Crippen LogP contribution in [0, 0.1) is 0 Å². The molecule has 0 fully saturated rings. The molecule has 1 aromatic carbocycles. The summed E-state index contributed by atoms with van der Waals surface area (Å²) in [6, 6.07) is 6.61. The van der Waals surface area contributed by atoms with Crippen molar-refractivity contribution in [3.8, 4) is 0 Å². The Morgan fingerprint density at radius 2 is 1.71 bits per heavy atom. The number of amides is 2. The number of benzene rings is 1. The average Bonchev–Trinajstić information content (AvgIpc) is 2.46. The van der Waals surface area contributed by atoms with E-state index in [1.807, 2.05) is 0 Å². The highest BCUT2D eigenvalue weighted by molar-refractivity contribution is 5.90. The Hall–Kier alpha value is -2.82. The number of nitrogens with one attached hydrogen (secondary N) is 1. The molecule has 5 nitrogen and oxygen atoms in total. The minimum atomic E-state index is -1.00. The maximum absolute atomic E-state index is 12.0. The Kier molecular flexibility index (Phi) is 6.47. The molecule has 1 rings (SSSR count). The van der Waals surface area contributed by atoms with E-state index in [0.29, 0.717) is 18.8 Å². The molecular weight excluding hydrogens is 268 g/mol. The molecule has 0 aliphatic rings. The topological polar surface area (TPSA) is 69.6 Å². The number of hydrogen-bond donors (Lipinski definition) is 2. The normalized spacial score (nSPS) is 10.1. The highest BCUT2D eigenvalue weighted by Crippen LogP contribution is 2.11. The van der Waals surface area contributed by atoms with E-state index < -0.39 is 5.97 Å². The predicted molar refractivity (Wildman–Crippen MR) is 84.1 cm³/mol. The fraction of sp³-hybridized carbons (Fsp3) is 0.125. The van der Waals surface area contributed by atoms with Crippen molar-refractivity contribution < 1.29 is 14.7 Å². The fourth-order valence-electron chi connectivity index (χ4n) is 1.60. The van der Waals surface area contributed by atoms with Crippen molar-refractivity contribution in [2.24, 2.45) is 0 Å². The number of aliphatic carboxylic acids is 1. The van der Waals surface area contributed by atoms with Crippen molar-refractivity contribution in [3.63, 3.8) is 0 Å². The van der Waals surface area contributed by atoms with Gasteiger partial charge in [0.2, 0.25) is 0 Å². The minimum absolute atomic E-state index is 0.247. The maximum Gasteiger partial charge on any atom is 0.328 e. The van der Waals surface area contributed by atoms with Gasteiger partial charge in [-0.2, -0.15) is 0 Å². The Labute approximate surface area is 123 Å². The third kappa shape index (κ3) is 5.78. The number of carbonyl (C=O) groups excluding carboxylic acids is 1. The molecule has 0 saturated carbocycles. The van der Waals surface area contributed by atoms with Crippen molar-refractivity contribution in [1.29, 1.82) is 0 Å². The van der Waals surface area contributed by atoms with Crippen LogP contribution in [0.25, 0.3) is 6.08 Å². The zero-order valence-electron chi connectivity index (χ0n) is 11.7. The summed E-state index contributed by atoms with van der Waals surface area (Å²) in [6.45, 7) is 8.07. The van der Waals surface area contributed by atoms with Crippen molar-refractivity contribution in [3.05, 3.63) is 61.2 Å². The second-order valence-electron chi connectivity index (χ2n) is 4.21. The second kappa shape index (κ2) is 8.37. The fourth-order valence-corrected chi connectivity index (χ4v) is 1.60. The number of hydrogen-bond acceptors (Lipinski definition) is 2. The zero-order chi connectivity index (χ0) is 15.7. The van der Waals surface area contributed by atoms with E-state index in [1.54, 1.807) is 41.3 Å². The third-order valence-corrected chi connectivity index (χ3v) is 2.57. The van der Waals surface area contributed by atoms with E-state index in [-0.39, 0.29) is 6.03 Å². The van der Waals surface area contributed by atoms with Crippen LogP contribution in [0.5, 0.6) is 0 Å². The van der Waals surface area contributed by atoms with Crippen LogP contribution in [0.4, 0.5) is 10.5 Å². The van der Waals surface area contributed by atoms with Gasteiger partial charge in [0.15, 0.2) is 0 Å². The van der Waals surface area contributed by atoms with Crippen molar-refractivity contribution >= 4 is 23.8 Å². The summed E-state index contributed by atoms with van der Waals surface area (Å²) in [7, 11) is 0. The molecule has 0 unspecified atom stereocenters. The molecule has 1 aromatic rings. The SMILES string of the molecule is C=CCN(CC=C)C(=O)Nc1ccc(/C=C/C(=O)O)cc1. The van der Waals surface area contributed by atoms with Gasteiger partial charge >= 0.3 is 12.0 Å². The van der Waals surface area contributed by atoms with Crippen LogP contribution in [0.1, 0.15) is 5.56 Å². The molecule has 2 N–H and O–H groups in total. The second-order valence-corrected chi connectivity index (χ2v) is 4.21. The predicted octanol–water partition coefficient (Wildman–Crippen LogP) is 2.99. The zero-order valence-corrected chi connectivity index (χ0v) is 11.7. The Morgan fingerprint density at radius 1 is 1.14 bits per heavy atom. The number of carbonyl (C=O) groups is 2. The summed E-state index contributed by atoms with van der Waals surface area (Å²) < 4.78 is 0. The highest BCUT2D eigenvalue weighted by Gasteiger charge is 2.10. The Balaban J connectivity index is 2.69. The van der Waals surface area contributed by atoms with Crippen LogP contribution in [0.15, 0.2) is 55.7 Å². The van der Waals surface area contributed by atoms with E-state index in [2.05, 4.69) is 18.5 Å². The molecule has 21 heavy (non-hydrogen) atoms. The van der Waals surface area contributed by atoms with Crippen LogP contribution in [-0.2, 0) is 4.79 Å². The van der Waals surface area contributed by atoms with Gasteiger partial charge in [-0.05, 0) is 23.8 Å². The van der Waals surface area contributed by atoms with Crippen LogP contribution in [0.3, 0.4) is 0 Å². The van der Waals surface area contributed by atoms with Gasteiger partial charge in [-0.15, -0.1) is 13.2 Å². The summed E-state index contributed by atoms with van der Waals surface area (Å²) in [4.78, 5) is 24.0. The largest absolute Gasteiger partial charge is 0.478 e. The summed E-state index contributed by atoms with van der Waals surface area (Å²) in [5, 5.41) is 11.3. The molecule has 0 heterocycles. The van der Waals surface area contributed by atoms with Gasteiger partial charge in [0, 0.05) is 24.9 Å². The molecule has 0 spiro atoms. The van der Waals surface area contributed by atoms with Gasteiger partial charge < -0.3 is 15.3 Å². The summed E-state index contributed by atoms with van der Waals surface area (Å²) in [5.74, 6) is -1.00. The first-order valence-electron chi connectivity index (χ1n) is 6.35. The van der Waals surface area contributed by atoms with Gasteiger partial charge in [-0.1, -0.05) is 24.3 Å². The lowest BCUT2D eigenvalue weighted by Gasteiger charge is -2.19. The average molecular weight is 286 g/mol. The molecule has 0 atom stereocenters. The van der Waals surface area contributed by atoms with Gasteiger partial charge in [-0.3, -0.25) is 0 Å². The van der Waals surface area contributed by atoms with Crippen LogP contribution < -0.4 is 5.32 Å². The summed E-state index contributed by atoms with van der Waals surface area (Å²) in [6.07, 6.45) is 5.82. The molecule has 0 aliphatic carbocycles. The molecule has 0 radical (unpaired) electrons. The van der Waals surface area contributed by atoms with E-state index in [4.69, 9.17) is 5.11 Å². The van der Waals surface area contributed by atoms with Gasteiger partial charge in [0.1, 0.15) is 0 Å².